The number of urea groups is 1. The van der Waals surface area contributed by atoms with E-state index in [4.69, 9.17) is 4.74 Å². The zero-order valence-electron chi connectivity index (χ0n) is 23.2. The quantitative estimate of drug-likeness (QED) is 0.216. The van der Waals surface area contributed by atoms with Gasteiger partial charge in [0.25, 0.3) is 0 Å². The molecule has 10 heteroatoms. The lowest BCUT2D eigenvalue weighted by Crippen LogP contribution is -2.46. The van der Waals surface area contributed by atoms with Crippen LogP contribution in [0.2, 0.25) is 0 Å². The van der Waals surface area contributed by atoms with Crippen LogP contribution >= 0.6 is 0 Å². The van der Waals surface area contributed by atoms with E-state index in [-0.39, 0.29) is 17.9 Å². The van der Waals surface area contributed by atoms with Crippen LogP contribution in [0.25, 0.3) is 11.1 Å². The van der Waals surface area contributed by atoms with E-state index in [1.807, 2.05) is 30.3 Å². The smallest absolute Gasteiger partial charge is 0.338 e. The second-order valence-corrected chi connectivity index (χ2v) is 11.5. The number of carbonyl (C=O) groups is 3. The number of hydrogen-bond acceptors (Lipinski definition) is 6. The lowest BCUT2D eigenvalue weighted by Gasteiger charge is -2.19. The van der Waals surface area contributed by atoms with Crippen molar-refractivity contribution in [3.8, 4) is 11.1 Å². The number of nitrogens with one attached hydrogen (secondary N) is 3. The zero-order chi connectivity index (χ0) is 30.1. The van der Waals surface area contributed by atoms with Gasteiger partial charge in [0.2, 0.25) is 5.91 Å². The highest BCUT2D eigenvalue weighted by Crippen LogP contribution is 2.28. The Labute approximate surface area is 244 Å². The van der Waals surface area contributed by atoms with E-state index in [1.54, 1.807) is 79.7 Å². The molecule has 1 atom stereocenters. The standard InChI is InChI=1S/C32H31N3O6S/c1-3-41-31(37)24-15-19-26(20-16-24)34-32(38)35-28(21-22-9-5-4-6-10-22)30(36)33-25-17-13-23(14-18-25)27-11-7-8-12-29(27)42(2,39)40/h4-20,28H,3,21H2,1-2H3,(H,33,36)(H2,34,35,38). The Hall–Kier alpha value is -4.96. The number of benzene rings is 4. The van der Waals surface area contributed by atoms with Gasteiger partial charge in [0, 0.05) is 29.6 Å². The summed E-state index contributed by atoms with van der Waals surface area (Å²) in [5.41, 5.74) is 3.37. The Morgan fingerprint density at radius 3 is 2.00 bits per heavy atom. The number of esters is 1. The fourth-order valence-electron chi connectivity index (χ4n) is 4.28. The van der Waals surface area contributed by atoms with E-state index in [9.17, 15) is 22.8 Å². The molecule has 4 rings (SSSR count). The summed E-state index contributed by atoms with van der Waals surface area (Å²) in [7, 11) is -3.43. The van der Waals surface area contributed by atoms with Crippen molar-refractivity contribution in [2.24, 2.45) is 0 Å². The molecule has 42 heavy (non-hydrogen) atoms. The van der Waals surface area contributed by atoms with Crippen molar-refractivity contribution in [3.05, 3.63) is 114 Å². The molecule has 0 aliphatic carbocycles. The van der Waals surface area contributed by atoms with Gasteiger partial charge >= 0.3 is 12.0 Å². The fraction of sp³-hybridized carbons (Fsp3) is 0.156. The minimum Gasteiger partial charge on any atom is -0.462 e. The maximum atomic E-state index is 13.3. The molecular weight excluding hydrogens is 554 g/mol. The molecule has 0 saturated carbocycles. The second-order valence-electron chi connectivity index (χ2n) is 9.47. The molecule has 0 heterocycles. The molecule has 4 aromatic rings. The minimum atomic E-state index is -3.43. The van der Waals surface area contributed by atoms with Gasteiger partial charge in [0.05, 0.1) is 17.1 Å². The summed E-state index contributed by atoms with van der Waals surface area (Å²) in [6.07, 6.45) is 1.40. The predicted octanol–water partition coefficient (Wildman–Crippen LogP) is 5.31. The molecule has 0 spiro atoms. The first kappa shape index (κ1) is 30.0. The Morgan fingerprint density at radius 1 is 0.762 bits per heavy atom. The van der Waals surface area contributed by atoms with E-state index in [0.717, 1.165) is 11.8 Å². The van der Waals surface area contributed by atoms with Crippen LogP contribution < -0.4 is 16.0 Å². The minimum absolute atomic E-state index is 0.218. The molecule has 3 N–H and O–H groups in total. The SMILES string of the molecule is CCOC(=O)c1ccc(NC(=O)NC(Cc2ccccc2)C(=O)Nc2ccc(-c3ccccc3S(C)(=O)=O)cc2)cc1. The lowest BCUT2D eigenvalue weighted by molar-refractivity contribution is -0.117. The Bertz CT molecular complexity index is 1660. The summed E-state index contributed by atoms with van der Waals surface area (Å²) in [4.78, 5) is 38.3. The van der Waals surface area contributed by atoms with Gasteiger partial charge in [-0.05, 0) is 60.5 Å². The van der Waals surface area contributed by atoms with Crippen LogP contribution in [0.4, 0.5) is 16.2 Å². The molecule has 0 bridgehead atoms. The van der Waals surface area contributed by atoms with Crippen molar-refractivity contribution in [2.75, 3.05) is 23.5 Å². The van der Waals surface area contributed by atoms with Crippen LogP contribution in [0.5, 0.6) is 0 Å². The first-order chi connectivity index (χ1) is 20.1. The van der Waals surface area contributed by atoms with Gasteiger partial charge < -0.3 is 20.7 Å². The number of ether oxygens (including phenoxy) is 1. The van der Waals surface area contributed by atoms with Gasteiger partial charge in [-0.3, -0.25) is 4.79 Å². The molecule has 216 valence electrons. The number of rotatable bonds is 10. The van der Waals surface area contributed by atoms with Gasteiger partial charge in [-0.1, -0.05) is 60.7 Å². The topological polar surface area (TPSA) is 131 Å². The zero-order valence-corrected chi connectivity index (χ0v) is 24.0. The molecule has 0 saturated heterocycles. The maximum absolute atomic E-state index is 13.3. The maximum Gasteiger partial charge on any atom is 0.338 e. The summed E-state index contributed by atoms with van der Waals surface area (Å²) in [6.45, 7) is 1.98. The largest absolute Gasteiger partial charge is 0.462 e. The number of anilines is 2. The first-order valence-electron chi connectivity index (χ1n) is 13.2. The monoisotopic (exact) mass is 585 g/mol. The van der Waals surface area contributed by atoms with Crippen LogP contribution in [-0.4, -0.2) is 45.2 Å². The number of carbonyl (C=O) groups excluding carboxylic acids is 3. The highest BCUT2D eigenvalue weighted by Gasteiger charge is 2.22. The van der Waals surface area contributed by atoms with Gasteiger partial charge in [0.1, 0.15) is 6.04 Å². The van der Waals surface area contributed by atoms with Crippen molar-refractivity contribution in [2.45, 2.75) is 24.3 Å². The van der Waals surface area contributed by atoms with Crippen molar-refractivity contribution in [3.63, 3.8) is 0 Å². The van der Waals surface area contributed by atoms with Gasteiger partial charge in [0.15, 0.2) is 9.84 Å². The van der Waals surface area contributed by atoms with Crippen LogP contribution in [0.1, 0.15) is 22.8 Å². The molecule has 0 aliphatic rings. The van der Waals surface area contributed by atoms with Crippen molar-refractivity contribution in [1.29, 1.82) is 0 Å². The lowest BCUT2D eigenvalue weighted by atomic mass is 10.0. The van der Waals surface area contributed by atoms with Crippen molar-refractivity contribution >= 4 is 39.1 Å². The fourth-order valence-corrected chi connectivity index (χ4v) is 5.19. The van der Waals surface area contributed by atoms with E-state index in [1.165, 1.54) is 0 Å². The Balaban J connectivity index is 1.47. The molecule has 0 fully saturated rings. The summed E-state index contributed by atoms with van der Waals surface area (Å²) in [5.74, 6) is -0.892. The third-order valence-electron chi connectivity index (χ3n) is 6.31. The summed E-state index contributed by atoms with van der Waals surface area (Å²) in [5, 5.41) is 8.26. The molecule has 1 unspecified atom stereocenters. The van der Waals surface area contributed by atoms with Crippen LogP contribution in [0.15, 0.2) is 108 Å². The normalized spacial score (nSPS) is 11.7. The Kier molecular flexibility index (Phi) is 9.72. The van der Waals surface area contributed by atoms with Crippen molar-refractivity contribution < 1.29 is 27.5 Å². The van der Waals surface area contributed by atoms with Gasteiger partial charge in [-0.25, -0.2) is 18.0 Å². The van der Waals surface area contributed by atoms with E-state index in [2.05, 4.69) is 16.0 Å². The highest BCUT2D eigenvalue weighted by atomic mass is 32.2. The summed E-state index contributed by atoms with van der Waals surface area (Å²) in [6, 6.07) is 27.5. The van der Waals surface area contributed by atoms with Gasteiger partial charge in [-0.2, -0.15) is 0 Å². The molecular formula is C32H31N3O6S. The highest BCUT2D eigenvalue weighted by molar-refractivity contribution is 7.90. The van der Waals surface area contributed by atoms with Crippen LogP contribution in [-0.2, 0) is 25.8 Å². The molecule has 4 aromatic carbocycles. The molecule has 9 nitrogen and oxygen atoms in total. The predicted molar refractivity (Wildman–Crippen MR) is 162 cm³/mol. The Morgan fingerprint density at radius 2 is 1.36 bits per heavy atom. The van der Waals surface area contributed by atoms with Crippen molar-refractivity contribution in [1.82, 2.24) is 5.32 Å². The van der Waals surface area contributed by atoms with E-state index >= 15 is 0 Å². The molecule has 0 aromatic heterocycles. The van der Waals surface area contributed by atoms with E-state index in [0.29, 0.717) is 28.1 Å². The first-order valence-corrected chi connectivity index (χ1v) is 15.1. The van der Waals surface area contributed by atoms with Crippen LogP contribution in [0.3, 0.4) is 0 Å². The number of amides is 3. The van der Waals surface area contributed by atoms with Gasteiger partial charge in [-0.15, -0.1) is 0 Å². The summed E-state index contributed by atoms with van der Waals surface area (Å²) >= 11 is 0. The third kappa shape index (κ3) is 8.05. The number of hydrogen-bond donors (Lipinski definition) is 3. The number of sulfone groups is 1. The molecule has 0 radical (unpaired) electrons. The van der Waals surface area contributed by atoms with E-state index < -0.39 is 33.8 Å². The third-order valence-corrected chi connectivity index (χ3v) is 7.46. The van der Waals surface area contributed by atoms with Crippen LogP contribution in [0, 0.1) is 0 Å². The summed E-state index contributed by atoms with van der Waals surface area (Å²) < 4.78 is 29.4. The molecule has 0 aliphatic heterocycles. The average Bonchev–Trinajstić information content (AvgIpc) is 2.98. The average molecular weight is 586 g/mol. The molecule has 3 amide bonds. The second kappa shape index (κ2) is 13.6.